The molecule has 0 spiro atoms. The van der Waals surface area contributed by atoms with Crippen molar-refractivity contribution in [2.75, 3.05) is 19.6 Å². The summed E-state index contributed by atoms with van der Waals surface area (Å²) in [6.07, 6.45) is 5.45. The summed E-state index contributed by atoms with van der Waals surface area (Å²) in [6.45, 7) is 2.49. The monoisotopic (exact) mass is 294 g/mol. The van der Waals surface area contributed by atoms with Gasteiger partial charge in [-0.2, -0.15) is 0 Å². The van der Waals surface area contributed by atoms with E-state index in [1.54, 1.807) is 6.07 Å². The predicted octanol–water partition coefficient (Wildman–Crippen LogP) is 1.45. The normalized spacial score (nSPS) is 22.7. The van der Waals surface area contributed by atoms with Crippen molar-refractivity contribution in [3.05, 3.63) is 29.3 Å². The third kappa shape index (κ3) is 3.05. The fraction of sp³-hybridized carbons (Fsp3) is 0.600. The molecule has 20 heavy (non-hydrogen) atoms. The fourth-order valence-corrected chi connectivity index (χ4v) is 4.29. The number of rotatable bonds is 4. The molecule has 1 aliphatic carbocycles. The second-order valence-corrected chi connectivity index (χ2v) is 7.62. The van der Waals surface area contributed by atoms with E-state index in [0.717, 1.165) is 45.2 Å². The minimum Gasteiger partial charge on any atom is -0.316 e. The van der Waals surface area contributed by atoms with Crippen LogP contribution in [0.2, 0.25) is 0 Å². The molecule has 1 heterocycles. The number of nitrogens with one attached hydrogen (secondary N) is 2. The molecule has 1 aliphatic heterocycles. The van der Waals surface area contributed by atoms with Gasteiger partial charge < -0.3 is 5.32 Å². The summed E-state index contributed by atoms with van der Waals surface area (Å²) in [5.74, 6) is 0.410. The van der Waals surface area contributed by atoms with E-state index in [4.69, 9.17) is 0 Å². The average Bonchev–Trinajstić information content (AvgIpc) is 2.94. The Balaban J connectivity index is 1.68. The smallest absolute Gasteiger partial charge is 0.240 e. The van der Waals surface area contributed by atoms with E-state index in [1.807, 2.05) is 12.1 Å². The topological polar surface area (TPSA) is 58.2 Å². The lowest BCUT2D eigenvalue weighted by Gasteiger charge is -2.22. The molecule has 1 saturated heterocycles. The van der Waals surface area contributed by atoms with Gasteiger partial charge in [0.2, 0.25) is 10.0 Å². The molecule has 0 aromatic heterocycles. The lowest BCUT2D eigenvalue weighted by Crippen LogP contribution is -2.38. The minimum absolute atomic E-state index is 0.410. The molecule has 1 aromatic carbocycles. The standard InChI is InChI=1S/C15H22N2O2S/c18-20(19,17-11-12-3-2-8-16-10-12)15-7-6-13-4-1-5-14(13)9-15/h6-7,9,12,16-17H,1-5,8,10-11H2. The second-order valence-electron chi connectivity index (χ2n) is 5.85. The Bertz CT molecular complexity index is 578. The molecular weight excluding hydrogens is 272 g/mol. The summed E-state index contributed by atoms with van der Waals surface area (Å²) in [4.78, 5) is 0.418. The molecule has 0 amide bonds. The number of hydrogen-bond acceptors (Lipinski definition) is 3. The number of aryl methyl sites for hydroxylation is 2. The highest BCUT2D eigenvalue weighted by Gasteiger charge is 2.20. The third-order valence-electron chi connectivity index (χ3n) is 4.34. The highest BCUT2D eigenvalue weighted by atomic mass is 32.2. The van der Waals surface area contributed by atoms with E-state index in [2.05, 4.69) is 10.0 Å². The average molecular weight is 294 g/mol. The van der Waals surface area contributed by atoms with Gasteiger partial charge in [0.25, 0.3) is 0 Å². The summed E-state index contributed by atoms with van der Waals surface area (Å²) in [5, 5.41) is 3.31. The zero-order valence-corrected chi connectivity index (χ0v) is 12.5. The van der Waals surface area contributed by atoms with E-state index >= 15 is 0 Å². The molecule has 4 nitrogen and oxygen atoms in total. The van der Waals surface area contributed by atoms with Crippen LogP contribution in [0.1, 0.15) is 30.4 Å². The first-order chi connectivity index (χ1) is 9.65. The van der Waals surface area contributed by atoms with Gasteiger partial charge in [-0.3, -0.25) is 0 Å². The summed E-state index contributed by atoms with van der Waals surface area (Å²) in [5.41, 5.74) is 2.51. The quantitative estimate of drug-likeness (QED) is 0.884. The number of sulfonamides is 1. The van der Waals surface area contributed by atoms with Crippen LogP contribution >= 0.6 is 0 Å². The first-order valence-electron chi connectivity index (χ1n) is 7.47. The molecule has 1 fully saturated rings. The van der Waals surface area contributed by atoms with Gasteiger partial charge in [0.05, 0.1) is 4.90 Å². The molecule has 1 atom stereocenters. The fourth-order valence-electron chi connectivity index (χ4n) is 3.12. The second kappa shape index (κ2) is 5.84. The van der Waals surface area contributed by atoms with Crippen LogP contribution in [0.3, 0.4) is 0 Å². The summed E-state index contributed by atoms with van der Waals surface area (Å²) in [7, 11) is -3.36. The molecule has 2 N–H and O–H groups in total. The van der Waals surface area contributed by atoms with Crippen LogP contribution < -0.4 is 10.0 Å². The van der Waals surface area contributed by atoms with E-state index in [1.165, 1.54) is 11.1 Å². The van der Waals surface area contributed by atoms with Crippen LogP contribution in [-0.2, 0) is 22.9 Å². The maximum atomic E-state index is 12.3. The van der Waals surface area contributed by atoms with Gasteiger partial charge in [0.1, 0.15) is 0 Å². The van der Waals surface area contributed by atoms with Crippen molar-refractivity contribution in [2.24, 2.45) is 5.92 Å². The molecule has 2 aliphatic rings. The van der Waals surface area contributed by atoms with Crippen LogP contribution in [0.5, 0.6) is 0 Å². The molecule has 1 unspecified atom stereocenters. The molecular formula is C15H22N2O2S. The Morgan fingerprint density at radius 3 is 2.85 bits per heavy atom. The van der Waals surface area contributed by atoms with Gasteiger partial charge in [0, 0.05) is 6.54 Å². The van der Waals surface area contributed by atoms with Crippen LogP contribution in [0, 0.1) is 5.92 Å². The Labute approximate surface area is 121 Å². The van der Waals surface area contributed by atoms with E-state index in [0.29, 0.717) is 17.4 Å². The van der Waals surface area contributed by atoms with Crippen molar-refractivity contribution >= 4 is 10.0 Å². The van der Waals surface area contributed by atoms with Crippen LogP contribution in [-0.4, -0.2) is 28.1 Å². The van der Waals surface area contributed by atoms with Crippen molar-refractivity contribution in [3.8, 4) is 0 Å². The molecule has 0 radical (unpaired) electrons. The first kappa shape index (κ1) is 14.0. The Morgan fingerprint density at radius 2 is 2.05 bits per heavy atom. The van der Waals surface area contributed by atoms with Gasteiger partial charge in [-0.15, -0.1) is 0 Å². The number of benzene rings is 1. The summed E-state index contributed by atoms with van der Waals surface area (Å²) in [6, 6.07) is 5.56. The van der Waals surface area contributed by atoms with Crippen LogP contribution in [0.25, 0.3) is 0 Å². The molecule has 5 heteroatoms. The number of hydrogen-bond donors (Lipinski definition) is 2. The minimum atomic E-state index is -3.36. The van der Waals surface area contributed by atoms with Gasteiger partial charge in [0.15, 0.2) is 0 Å². The zero-order chi connectivity index (χ0) is 14.0. The van der Waals surface area contributed by atoms with E-state index < -0.39 is 10.0 Å². The zero-order valence-electron chi connectivity index (χ0n) is 11.7. The Morgan fingerprint density at radius 1 is 1.20 bits per heavy atom. The number of piperidine rings is 1. The van der Waals surface area contributed by atoms with Crippen molar-refractivity contribution in [2.45, 2.75) is 37.0 Å². The number of fused-ring (bicyclic) bond motifs is 1. The highest BCUT2D eigenvalue weighted by Crippen LogP contribution is 2.24. The maximum Gasteiger partial charge on any atom is 0.240 e. The molecule has 1 aromatic rings. The molecule has 0 bridgehead atoms. The van der Waals surface area contributed by atoms with E-state index in [-0.39, 0.29) is 0 Å². The summed E-state index contributed by atoms with van der Waals surface area (Å²) < 4.78 is 27.5. The van der Waals surface area contributed by atoms with Crippen molar-refractivity contribution in [1.29, 1.82) is 0 Å². The first-order valence-corrected chi connectivity index (χ1v) is 8.96. The third-order valence-corrected chi connectivity index (χ3v) is 5.76. The lowest BCUT2D eigenvalue weighted by atomic mass is 10.0. The summed E-state index contributed by atoms with van der Waals surface area (Å²) >= 11 is 0. The van der Waals surface area contributed by atoms with Gasteiger partial charge in [-0.05, 0) is 74.4 Å². The van der Waals surface area contributed by atoms with Crippen molar-refractivity contribution < 1.29 is 8.42 Å². The van der Waals surface area contributed by atoms with Crippen LogP contribution in [0.4, 0.5) is 0 Å². The molecule has 3 rings (SSSR count). The SMILES string of the molecule is O=S(=O)(NCC1CCCNC1)c1ccc2c(c1)CCC2. The van der Waals surface area contributed by atoms with Crippen LogP contribution in [0.15, 0.2) is 23.1 Å². The molecule has 0 saturated carbocycles. The van der Waals surface area contributed by atoms with Gasteiger partial charge >= 0.3 is 0 Å². The predicted molar refractivity (Wildman–Crippen MR) is 79.2 cm³/mol. The van der Waals surface area contributed by atoms with Crippen molar-refractivity contribution in [3.63, 3.8) is 0 Å². The Hall–Kier alpha value is -0.910. The molecule has 110 valence electrons. The van der Waals surface area contributed by atoms with Crippen molar-refractivity contribution in [1.82, 2.24) is 10.0 Å². The maximum absolute atomic E-state index is 12.3. The largest absolute Gasteiger partial charge is 0.316 e. The van der Waals surface area contributed by atoms with E-state index in [9.17, 15) is 8.42 Å². The highest BCUT2D eigenvalue weighted by molar-refractivity contribution is 7.89. The lowest BCUT2D eigenvalue weighted by molar-refractivity contribution is 0.376. The Kier molecular flexibility index (Phi) is 4.10. The van der Waals surface area contributed by atoms with Gasteiger partial charge in [-0.25, -0.2) is 13.1 Å². The van der Waals surface area contributed by atoms with Gasteiger partial charge in [-0.1, -0.05) is 6.07 Å².